The van der Waals surface area contributed by atoms with Crippen molar-refractivity contribution in [3.63, 3.8) is 0 Å². The predicted octanol–water partition coefficient (Wildman–Crippen LogP) is 2.72. The van der Waals surface area contributed by atoms with Crippen molar-refractivity contribution in [2.24, 2.45) is 17.4 Å². The summed E-state index contributed by atoms with van der Waals surface area (Å²) in [5, 5.41) is 0. The molecule has 2 nitrogen and oxygen atoms in total. The summed E-state index contributed by atoms with van der Waals surface area (Å²) in [4.78, 5) is 0. The van der Waals surface area contributed by atoms with Crippen LogP contribution in [0.1, 0.15) is 50.8 Å². The molecule has 1 unspecified atom stereocenters. The van der Waals surface area contributed by atoms with Crippen molar-refractivity contribution in [3.8, 4) is 0 Å². The molecule has 2 heteroatoms. The lowest BCUT2D eigenvalue weighted by atomic mass is 9.74. The second kappa shape index (κ2) is 4.43. The topological polar surface area (TPSA) is 52.0 Å². The average molecular weight is 232 g/mol. The highest BCUT2D eigenvalue weighted by molar-refractivity contribution is 5.29. The van der Waals surface area contributed by atoms with Crippen LogP contribution in [0.15, 0.2) is 24.3 Å². The van der Waals surface area contributed by atoms with Crippen molar-refractivity contribution in [2.75, 3.05) is 0 Å². The van der Waals surface area contributed by atoms with Crippen LogP contribution in [0.5, 0.6) is 0 Å². The van der Waals surface area contributed by atoms with Crippen molar-refractivity contribution < 1.29 is 0 Å². The second-order valence-corrected chi connectivity index (χ2v) is 6.39. The maximum atomic E-state index is 6.27. The summed E-state index contributed by atoms with van der Waals surface area (Å²) in [6.45, 7) is 6.69. The molecular weight excluding hydrogens is 208 g/mol. The molecule has 1 aliphatic carbocycles. The molecular formula is C15H24N2. The van der Waals surface area contributed by atoms with Crippen LogP contribution in [-0.4, -0.2) is 6.04 Å². The van der Waals surface area contributed by atoms with Gasteiger partial charge in [0.15, 0.2) is 0 Å². The van der Waals surface area contributed by atoms with E-state index in [1.165, 1.54) is 11.1 Å². The van der Waals surface area contributed by atoms with E-state index in [0.29, 0.717) is 12.0 Å². The minimum absolute atomic E-state index is 0.156. The maximum absolute atomic E-state index is 6.27. The Morgan fingerprint density at radius 3 is 2.06 bits per heavy atom. The summed E-state index contributed by atoms with van der Waals surface area (Å²) in [6, 6.07) is 9.29. The Balaban J connectivity index is 2.07. The highest BCUT2D eigenvalue weighted by atomic mass is 14.7. The molecule has 0 heterocycles. The molecule has 0 aromatic heterocycles. The Kier molecular flexibility index (Phi) is 3.28. The Hall–Kier alpha value is -0.860. The normalized spacial score (nSPS) is 26.4. The van der Waals surface area contributed by atoms with Gasteiger partial charge in [0.25, 0.3) is 0 Å². The summed E-state index contributed by atoms with van der Waals surface area (Å²) in [5.74, 6) is 0.575. The van der Waals surface area contributed by atoms with Crippen LogP contribution < -0.4 is 11.5 Å². The van der Waals surface area contributed by atoms with Gasteiger partial charge in [0.1, 0.15) is 0 Å². The molecule has 94 valence electrons. The van der Waals surface area contributed by atoms with E-state index in [4.69, 9.17) is 11.5 Å². The summed E-state index contributed by atoms with van der Waals surface area (Å²) >= 11 is 0. The van der Waals surface area contributed by atoms with Crippen LogP contribution >= 0.6 is 0 Å². The zero-order valence-corrected chi connectivity index (χ0v) is 11.1. The Bertz CT molecular complexity index is 369. The standard InChI is InChI=1S/C15H24N2/c1-15(2,3)12-6-4-10(5-7-12)14(17)11-8-13(16)9-11/h4-7,11,13-14H,8-9,16-17H2,1-3H3. The van der Waals surface area contributed by atoms with Gasteiger partial charge in [-0.05, 0) is 35.3 Å². The zero-order chi connectivity index (χ0) is 12.6. The lowest BCUT2D eigenvalue weighted by Crippen LogP contribution is -2.41. The minimum atomic E-state index is 0.156. The Labute approximate surface area is 104 Å². The molecule has 1 aliphatic rings. The molecule has 1 atom stereocenters. The van der Waals surface area contributed by atoms with Gasteiger partial charge in [-0.25, -0.2) is 0 Å². The molecule has 4 N–H and O–H groups in total. The van der Waals surface area contributed by atoms with Gasteiger partial charge in [0, 0.05) is 12.1 Å². The number of hydrogen-bond donors (Lipinski definition) is 2. The van der Waals surface area contributed by atoms with E-state index in [1.54, 1.807) is 0 Å². The van der Waals surface area contributed by atoms with E-state index >= 15 is 0 Å². The lowest BCUT2D eigenvalue weighted by molar-refractivity contribution is 0.224. The Morgan fingerprint density at radius 2 is 1.65 bits per heavy atom. The third-order valence-electron chi connectivity index (χ3n) is 3.88. The molecule has 0 radical (unpaired) electrons. The average Bonchev–Trinajstić information content (AvgIpc) is 2.23. The van der Waals surface area contributed by atoms with Gasteiger partial charge < -0.3 is 11.5 Å². The lowest BCUT2D eigenvalue weighted by Gasteiger charge is -2.37. The first-order valence-corrected chi connectivity index (χ1v) is 6.49. The molecule has 1 aromatic carbocycles. The third-order valence-corrected chi connectivity index (χ3v) is 3.88. The van der Waals surface area contributed by atoms with Crippen LogP contribution in [0, 0.1) is 5.92 Å². The van der Waals surface area contributed by atoms with Crippen molar-refractivity contribution in [2.45, 2.75) is 51.1 Å². The van der Waals surface area contributed by atoms with Crippen molar-refractivity contribution in [3.05, 3.63) is 35.4 Å². The zero-order valence-electron chi connectivity index (χ0n) is 11.1. The second-order valence-electron chi connectivity index (χ2n) is 6.39. The van der Waals surface area contributed by atoms with Gasteiger partial charge in [0.05, 0.1) is 0 Å². The van der Waals surface area contributed by atoms with Gasteiger partial charge in [-0.1, -0.05) is 45.0 Å². The highest BCUT2D eigenvalue weighted by Gasteiger charge is 2.31. The largest absolute Gasteiger partial charge is 0.328 e. The predicted molar refractivity (Wildman–Crippen MR) is 72.8 cm³/mol. The van der Waals surface area contributed by atoms with Gasteiger partial charge >= 0.3 is 0 Å². The fraction of sp³-hybridized carbons (Fsp3) is 0.600. The van der Waals surface area contributed by atoms with Gasteiger partial charge in [0.2, 0.25) is 0 Å². The summed E-state index contributed by atoms with van der Waals surface area (Å²) in [5.41, 5.74) is 14.9. The van der Waals surface area contributed by atoms with Crippen molar-refractivity contribution in [1.29, 1.82) is 0 Å². The number of benzene rings is 1. The van der Waals surface area contributed by atoms with Crippen LogP contribution in [-0.2, 0) is 5.41 Å². The van der Waals surface area contributed by atoms with Gasteiger partial charge in [-0.3, -0.25) is 0 Å². The van der Waals surface area contributed by atoms with Crippen molar-refractivity contribution in [1.82, 2.24) is 0 Å². The molecule has 2 rings (SSSR count). The van der Waals surface area contributed by atoms with Gasteiger partial charge in [-0.15, -0.1) is 0 Å². The van der Waals surface area contributed by atoms with E-state index in [0.717, 1.165) is 12.8 Å². The fourth-order valence-corrected chi connectivity index (χ4v) is 2.48. The quantitative estimate of drug-likeness (QED) is 0.823. The molecule has 1 fully saturated rings. The molecule has 0 bridgehead atoms. The molecule has 0 aliphatic heterocycles. The van der Waals surface area contributed by atoms with Crippen LogP contribution in [0.2, 0.25) is 0 Å². The summed E-state index contributed by atoms with van der Waals surface area (Å²) in [6.07, 6.45) is 2.14. The fourth-order valence-electron chi connectivity index (χ4n) is 2.48. The summed E-state index contributed by atoms with van der Waals surface area (Å²) < 4.78 is 0. The van der Waals surface area contributed by atoms with E-state index < -0.39 is 0 Å². The molecule has 1 aromatic rings. The smallest absolute Gasteiger partial charge is 0.0324 e. The number of rotatable bonds is 2. The first kappa shape index (κ1) is 12.6. The van der Waals surface area contributed by atoms with E-state index in [9.17, 15) is 0 Å². The number of nitrogens with two attached hydrogens (primary N) is 2. The van der Waals surface area contributed by atoms with Crippen LogP contribution in [0.4, 0.5) is 0 Å². The van der Waals surface area contributed by atoms with E-state index in [1.807, 2.05) is 0 Å². The van der Waals surface area contributed by atoms with E-state index in [-0.39, 0.29) is 11.5 Å². The van der Waals surface area contributed by atoms with E-state index in [2.05, 4.69) is 45.0 Å². The van der Waals surface area contributed by atoms with Gasteiger partial charge in [-0.2, -0.15) is 0 Å². The highest BCUT2D eigenvalue weighted by Crippen LogP contribution is 2.36. The molecule has 1 saturated carbocycles. The summed E-state index contributed by atoms with van der Waals surface area (Å²) in [7, 11) is 0. The molecule has 17 heavy (non-hydrogen) atoms. The minimum Gasteiger partial charge on any atom is -0.328 e. The first-order valence-electron chi connectivity index (χ1n) is 6.49. The first-order chi connectivity index (χ1) is 7.88. The third kappa shape index (κ3) is 2.70. The Morgan fingerprint density at radius 1 is 1.12 bits per heavy atom. The monoisotopic (exact) mass is 232 g/mol. The molecule has 0 amide bonds. The molecule has 0 spiro atoms. The molecule has 0 saturated heterocycles. The van der Waals surface area contributed by atoms with Crippen molar-refractivity contribution >= 4 is 0 Å². The van der Waals surface area contributed by atoms with Crippen LogP contribution in [0.3, 0.4) is 0 Å². The van der Waals surface area contributed by atoms with Crippen LogP contribution in [0.25, 0.3) is 0 Å². The maximum Gasteiger partial charge on any atom is 0.0324 e. The number of hydrogen-bond acceptors (Lipinski definition) is 2. The SMILES string of the molecule is CC(C)(C)c1ccc(C(N)C2CC(N)C2)cc1.